The van der Waals surface area contributed by atoms with E-state index in [2.05, 4.69) is 64.5 Å². The lowest BCUT2D eigenvalue weighted by Gasteiger charge is -2.17. The number of aryl methyl sites for hydroxylation is 1. The van der Waals surface area contributed by atoms with Gasteiger partial charge in [-0.05, 0) is 73.7 Å². The van der Waals surface area contributed by atoms with Gasteiger partial charge in [-0.1, -0.05) is 36.8 Å². The number of azo groups is 1. The summed E-state index contributed by atoms with van der Waals surface area (Å²) in [7, 11) is 0. The molecule has 0 saturated carbocycles. The lowest BCUT2D eigenvalue weighted by atomic mass is 10.1. The molecule has 6 heteroatoms. The van der Waals surface area contributed by atoms with Gasteiger partial charge in [-0.2, -0.15) is 0 Å². The lowest BCUT2D eigenvalue weighted by molar-refractivity contribution is 0.795. The van der Waals surface area contributed by atoms with Crippen molar-refractivity contribution < 1.29 is 0 Å². The van der Waals surface area contributed by atoms with Crippen LogP contribution in [0.15, 0.2) is 64.8 Å². The van der Waals surface area contributed by atoms with Gasteiger partial charge in [-0.15, -0.1) is 21.6 Å². The van der Waals surface area contributed by atoms with Crippen molar-refractivity contribution in [3.63, 3.8) is 0 Å². The Hall–Kier alpha value is -2.57. The van der Waals surface area contributed by atoms with E-state index in [0.29, 0.717) is 0 Å². The minimum atomic E-state index is 0.892. The number of rotatable bonds is 7. The second-order valence-electron chi connectivity index (χ2n) is 7.98. The molecule has 4 aromatic rings. The molecule has 0 amide bonds. The molecule has 0 spiro atoms. The highest BCUT2D eigenvalue weighted by Crippen LogP contribution is 2.39. The highest BCUT2D eigenvalue weighted by atomic mass is 32.1. The summed E-state index contributed by atoms with van der Waals surface area (Å²) in [6, 6.07) is 19.3. The average molecular weight is 447 g/mol. The Morgan fingerprint density at radius 2 is 1.71 bits per heavy atom. The molecular weight excluding hydrogens is 420 g/mol. The Labute approximate surface area is 191 Å². The van der Waals surface area contributed by atoms with E-state index in [1.54, 1.807) is 22.7 Å². The summed E-state index contributed by atoms with van der Waals surface area (Å²) in [4.78, 5) is 8.34. The first kappa shape index (κ1) is 20.3. The molecule has 31 heavy (non-hydrogen) atoms. The Kier molecular flexibility index (Phi) is 6.09. The minimum Gasteiger partial charge on any atom is -0.372 e. The van der Waals surface area contributed by atoms with Crippen LogP contribution in [0.25, 0.3) is 20.1 Å². The molecule has 0 atom stereocenters. The quantitative estimate of drug-likeness (QED) is 0.267. The van der Waals surface area contributed by atoms with Crippen molar-refractivity contribution in [2.75, 3.05) is 18.0 Å². The van der Waals surface area contributed by atoms with Gasteiger partial charge in [-0.3, -0.25) is 0 Å². The Bertz CT molecular complexity index is 1140. The van der Waals surface area contributed by atoms with E-state index < -0.39 is 0 Å². The fourth-order valence-corrected chi connectivity index (χ4v) is 5.94. The first-order valence-corrected chi connectivity index (χ1v) is 12.7. The van der Waals surface area contributed by atoms with E-state index in [9.17, 15) is 0 Å². The number of fused-ring (bicyclic) bond motifs is 1. The summed E-state index contributed by atoms with van der Waals surface area (Å²) < 4.78 is 1.17. The fraction of sp³-hybridized carbons (Fsp3) is 0.320. The van der Waals surface area contributed by atoms with Gasteiger partial charge in [0.1, 0.15) is 14.8 Å². The van der Waals surface area contributed by atoms with Crippen LogP contribution in [0, 0.1) is 0 Å². The Balaban J connectivity index is 1.27. The van der Waals surface area contributed by atoms with Crippen LogP contribution in [0.2, 0.25) is 0 Å². The zero-order valence-corrected chi connectivity index (χ0v) is 19.4. The van der Waals surface area contributed by atoms with Gasteiger partial charge in [0.2, 0.25) is 0 Å². The zero-order chi connectivity index (χ0) is 21.0. The summed E-state index contributed by atoms with van der Waals surface area (Å²) in [6.07, 6.45) is 6.17. The second kappa shape index (κ2) is 9.28. The van der Waals surface area contributed by atoms with Crippen molar-refractivity contribution in [2.24, 2.45) is 10.2 Å². The van der Waals surface area contributed by atoms with Crippen molar-refractivity contribution in [3.05, 3.63) is 60.2 Å². The van der Waals surface area contributed by atoms with Gasteiger partial charge in [0.05, 0.1) is 10.4 Å². The van der Waals surface area contributed by atoms with Crippen LogP contribution in [0.3, 0.4) is 0 Å². The number of benzene rings is 2. The predicted molar refractivity (Wildman–Crippen MR) is 134 cm³/mol. The molecule has 4 nitrogen and oxygen atoms in total. The monoisotopic (exact) mass is 446 g/mol. The molecule has 158 valence electrons. The van der Waals surface area contributed by atoms with Gasteiger partial charge in [0.25, 0.3) is 0 Å². The summed E-state index contributed by atoms with van der Waals surface area (Å²) in [5, 5.41) is 10.8. The molecule has 2 aromatic heterocycles. The topological polar surface area (TPSA) is 40.9 Å². The maximum Gasteiger partial charge on any atom is 0.142 e. The molecule has 0 N–H and O–H groups in total. The van der Waals surface area contributed by atoms with E-state index >= 15 is 0 Å². The molecule has 0 aliphatic carbocycles. The van der Waals surface area contributed by atoms with E-state index in [1.807, 2.05) is 12.1 Å². The highest BCUT2D eigenvalue weighted by Gasteiger charge is 2.14. The molecule has 1 aliphatic rings. The lowest BCUT2D eigenvalue weighted by Crippen LogP contribution is -2.17. The summed E-state index contributed by atoms with van der Waals surface area (Å²) >= 11 is 3.33. The minimum absolute atomic E-state index is 0.892. The smallest absolute Gasteiger partial charge is 0.142 e. The van der Waals surface area contributed by atoms with Gasteiger partial charge >= 0.3 is 0 Å². The van der Waals surface area contributed by atoms with E-state index in [-0.39, 0.29) is 0 Å². The van der Waals surface area contributed by atoms with Gasteiger partial charge in [0, 0.05) is 24.3 Å². The summed E-state index contributed by atoms with van der Waals surface area (Å²) in [5.74, 6) is 0. The van der Waals surface area contributed by atoms with E-state index in [1.165, 1.54) is 60.3 Å². The fourth-order valence-electron chi connectivity index (χ4n) is 3.90. The molecule has 1 fully saturated rings. The van der Waals surface area contributed by atoms with Gasteiger partial charge in [-0.25, -0.2) is 4.98 Å². The number of aromatic nitrogens is 1. The maximum atomic E-state index is 4.85. The van der Waals surface area contributed by atoms with Crippen molar-refractivity contribution in [3.8, 4) is 10.6 Å². The third-order valence-corrected chi connectivity index (χ3v) is 7.78. The number of thiazole rings is 1. The number of anilines is 1. The van der Waals surface area contributed by atoms with Crippen molar-refractivity contribution in [1.82, 2.24) is 4.98 Å². The molecule has 5 rings (SSSR count). The third-order valence-electron chi connectivity index (χ3n) is 5.68. The Morgan fingerprint density at radius 1 is 0.935 bits per heavy atom. The van der Waals surface area contributed by atoms with Crippen LogP contribution in [0.5, 0.6) is 0 Å². The molecule has 1 aliphatic heterocycles. The maximum absolute atomic E-state index is 4.85. The van der Waals surface area contributed by atoms with Gasteiger partial charge < -0.3 is 4.90 Å². The van der Waals surface area contributed by atoms with Gasteiger partial charge in [0.15, 0.2) is 0 Å². The van der Waals surface area contributed by atoms with Crippen molar-refractivity contribution >= 4 is 48.6 Å². The highest BCUT2D eigenvalue weighted by molar-refractivity contribution is 7.30. The molecule has 1 saturated heterocycles. The first-order valence-electron chi connectivity index (χ1n) is 11.0. The van der Waals surface area contributed by atoms with Crippen LogP contribution in [-0.4, -0.2) is 18.1 Å². The van der Waals surface area contributed by atoms with Crippen LogP contribution in [0.4, 0.5) is 16.4 Å². The first-order chi connectivity index (χ1) is 15.3. The van der Waals surface area contributed by atoms with Crippen molar-refractivity contribution in [1.29, 1.82) is 0 Å². The third kappa shape index (κ3) is 4.70. The normalized spacial score (nSPS) is 14.3. The second-order valence-corrected chi connectivity index (χ2v) is 10.0. The average Bonchev–Trinajstić information content (AvgIpc) is 3.54. The SMILES string of the molecule is CCCCc1ccc(N=Nc2cc3sc(-c4ccc(N5CCCC5)cc4)nc3s2)cc1. The predicted octanol–water partition coefficient (Wildman–Crippen LogP) is 8.38. The number of thiophene rings is 1. The summed E-state index contributed by atoms with van der Waals surface area (Å²) in [6.45, 7) is 4.57. The van der Waals surface area contributed by atoms with Crippen molar-refractivity contribution in [2.45, 2.75) is 39.0 Å². The molecule has 0 unspecified atom stereocenters. The largest absolute Gasteiger partial charge is 0.372 e. The number of unbranched alkanes of at least 4 members (excludes halogenated alkanes) is 1. The van der Waals surface area contributed by atoms with E-state index in [0.717, 1.165) is 26.9 Å². The molecule has 0 bridgehead atoms. The van der Waals surface area contributed by atoms with E-state index in [4.69, 9.17) is 4.98 Å². The number of nitrogens with zero attached hydrogens (tertiary/aromatic N) is 4. The Morgan fingerprint density at radius 3 is 2.42 bits per heavy atom. The summed E-state index contributed by atoms with van der Waals surface area (Å²) in [5.41, 5.74) is 4.76. The van der Waals surface area contributed by atoms with Crippen LogP contribution < -0.4 is 4.90 Å². The number of hydrogen-bond donors (Lipinski definition) is 0. The zero-order valence-electron chi connectivity index (χ0n) is 17.8. The standard InChI is InChI=1S/C25H26N4S2/c1-2-3-6-18-7-11-20(12-8-18)27-28-23-17-22-25(31-23)26-24(30-22)19-9-13-21(14-10-19)29-15-4-5-16-29/h7-14,17H,2-6,15-16H2,1H3. The number of hydrogen-bond acceptors (Lipinski definition) is 6. The van der Waals surface area contributed by atoms with Crippen LogP contribution >= 0.6 is 22.7 Å². The molecule has 2 aromatic carbocycles. The molecular formula is C25H26N4S2. The van der Waals surface area contributed by atoms with Crippen LogP contribution in [0.1, 0.15) is 38.2 Å². The molecule has 3 heterocycles. The molecule has 0 radical (unpaired) electrons. The van der Waals surface area contributed by atoms with Crippen LogP contribution in [-0.2, 0) is 6.42 Å².